The zero-order valence-corrected chi connectivity index (χ0v) is 11.9. The van der Waals surface area contributed by atoms with Gasteiger partial charge in [-0.05, 0) is 47.2 Å². The van der Waals surface area contributed by atoms with Gasteiger partial charge >= 0.3 is 0 Å². The van der Waals surface area contributed by atoms with Gasteiger partial charge in [0.15, 0.2) is 0 Å². The van der Waals surface area contributed by atoms with E-state index in [4.69, 9.17) is 0 Å². The van der Waals surface area contributed by atoms with Gasteiger partial charge in [0.1, 0.15) is 0 Å². The highest BCUT2D eigenvalue weighted by molar-refractivity contribution is 5.69. The second-order valence-corrected chi connectivity index (χ2v) is 5.61. The Morgan fingerprint density at radius 3 is 1.15 bits per heavy atom. The van der Waals surface area contributed by atoms with Gasteiger partial charge in [0.05, 0.1) is 0 Å². The van der Waals surface area contributed by atoms with Crippen LogP contribution >= 0.6 is 0 Å². The van der Waals surface area contributed by atoms with E-state index in [1.165, 1.54) is 33.4 Å². The molecule has 2 aromatic carbocycles. The minimum atomic E-state index is 0.420. The molecule has 5 rings (SSSR count). The van der Waals surface area contributed by atoms with Gasteiger partial charge < -0.3 is 0 Å². The summed E-state index contributed by atoms with van der Waals surface area (Å²) in [6.07, 6.45) is 4.61. The summed E-state index contributed by atoms with van der Waals surface area (Å²) in [4.78, 5) is 0. The van der Waals surface area contributed by atoms with Crippen LogP contribution in [0, 0.1) is 0 Å². The first-order chi connectivity index (χ1) is 9.86. The lowest BCUT2D eigenvalue weighted by Crippen LogP contribution is -2.28. The van der Waals surface area contributed by atoms with Gasteiger partial charge in [-0.2, -0.15) is 0 Å². The lowest BCUT2D eigenvalue weighted by atomic mass is 9.59. The summed E-state index contributed by atoms with van der Waals surface area (Å²) in [6, 6.07) is 17.9. The van der Waals surface area contributed by atoms with Crippen molar-refractivity contribution in [2.24, 2.45) is 0 Å². The molecule has 3 aliphatic rings. The molecular formula is C20H18. The third-order valence-electron chi connectivity index (χ3n) is 4.81. The zero-order valence-electron chi connectivity index (χ0n) is 11.9. The molecule has 0 spiro atoms. The fourth-order valence-electron chi connectivity index (χ4n) is 4.08. The molecule has 0 aliphatic heterocycles. The van der Waals surface area contributed by atoms with Crippen LogP contribution in [0.3, 0.4) is 0 Å². The molecule has 2 aromatic rings. The van der Waals surface area contributed by atoms with Gasteiger partial charge in [-0.15, -0.1) is 0 Å². The van der Waals surface area contributed by atoms with Crippen LogP contribution in [0.15, 0.2) is 71.8 Å². The summed E-state index contributed by atoms with van der Waals surface area (Å²) in [7, 11) is 0. The third kappa shape index (κ3) is 1.31. The maximum absolute atomic E-state index is 2.30. The summed E-state index contributed by atoms with van der Waals surface area (Å²) in [5, 5.41) is 0. The molecule has 2 bridgehead atoms. The summed E-state index contributed by atoms with van der Waals surface area (Å²) in [6.45, 7) is 4.34. The van der Waals surface area contributed by atoms with Crippen LogP contribution in [-0.4, -0.2) is 0 Å². The Kier molecular flexibility index (Phi) is 2.47. The van der Waals surface area contributed by atoms with Gasteiger partial charge in [-0.25, -0.2) is 0 Å². The van der Waals surface area contributed by atoms with E-state index in [1.807, 2.05) is 0 Å². The molecule has 0 amide bonds. The minimum absolute atomic E-state index is 0.420. The molecule has 0 atom stereocenters. The van der Waals surface area contributed by atoms with Gasteiger partial charge in [-0.3, -0.25) is 0 Å². The Bertz CT molecular complexity index is 635. The third-order valence-corrected chi connectivity index (χ3v) is 4.81. The molecule has 0 N–H and O–H groups in total. The molecule has 0 heterocycles. The highest BCUT2D eigenvalue weighted by Gasteiger charge is 2.42. The molecule has 0 unspecified atom stereocenters. The van der Waals surface area contributed by atoms with Crippen molar-refractivity contribution in [1.82, 2.24) is 0 Å². The van der Waals surface area contributed by atoms with Crippen LogP contribution in [0.4, 0.5) is 0 Å². The second-order valence-electron chi connectivity index (χ2n) is 5.61. The summed E-state index contributed by atoms with van der Waals surface area (Å²) in [5.74, 6) is 0.840. The van der Waals surface area contributed by atoms with Crippen molar-refractivity contribution < 1.29 is 0 Å². The fraction of sp³-hybridized carbons (Fsp3) is 0.200. The highest BCUT2D eigenvalue weighted by Crippen LogP contribution is 2.57. The average molecular weight is 258 g/mol. The number of rotatable bonds is 0. The van der Waals surface area contributed by atoms with Gasteiger partial charge in [0.2, 0.25) is 0 Å². The molecule has 0 fully saturated rings. The van der Waals surface area contributed by atoms with Crippen LogP contribution < -0.4 is 0 Å². The largest absolute Gasteiger partial charge is 0.0832 e. The lowest BCUT2D eigenvalue weighted by Gasteiger charge is -2.44. The normalized spacial score (nSPS) is 26.7. The maximum Gasteiger partial charge on any atom is 0.0345 e. The van der Waals surface area contributed by atoms with Crippen molar-refractivity contribution >= 4 is 0 Å². The van der Waals surface area contributed by atoms with E-state index >= 15 is 0 Å². The van der Waals surface area contributed by atoms with Crippen LogP contribution in [0.1, 0.15) is 47.9 Å². The zero-order chi connectivity index (χ0) is 13.7. The Labute approximate surface area is 120 Å². The summed E-state index contributed by atoms with van der Waals surface area (Å²) < 4.78 is 0. The van der Waals surface area contributed by atoms with Gasteiger partial charge in [-0.1, -0.05) is 60.7 Å². The molecular weight excluding hydrogens is 240 g/mol. The number of fused-ring (bicyclic) bond motifs is 1. The molecule has 20 heavy (non-hydrogen) atoms. The standard InChI is InChI=1S/C20H18/c1-3-13-14(4-2)20-17-11-7-5-9-15(17)19(13)16-10-6-8-12-18(16)20/h3-12,19-20H,1-2H3/b13-3+,14-4+. The van der Waals surface area contributed by atoms with Gasteiger partial charge in [0.25, 0.3) is 0 Å². The van der Waals surface area contributed by atoms with Crippen molar-refractivity contribution in [1.29, 1.82) is 0 Å². The van der Waals surface area contributed by atoms with Crippen molar-refractivity contribution in [3.05, 3.63) is 94.1 Å². The predicted molar refractivity (Wildman–Crippen MR) is 84.1 cm³/mol. The predicted octanol–water partition coefficient (Wildman–Crippen LogP) is 5.17. The number of benzene rings is 2. The average Bonchev–Trinajstić information content (AvgIpc) is 2.53. The van der Waals surface area contributed by atoms with Crippen molar-refractivity contribution in [3.63, 3.8) is 0 Å². The topological polar surface area (TPSA) is 0 Å². The molecule has 3 aliphatic carbocycles. The number of hydrogen-bond donors (Lipinski definition) is 0. The minimum Gasteiger partial charge on any atom is -0.0832 e. The smallest absolute Gasteiger partial charge is 0.0345 e. The first-order valence-corrected chi connectivity index (χ1v) is 7.37. The Morgan fingerprint density at radius 1 is 0.600 bits per heavy atom. The van der Waals surface area contributed by atoms with E-state index in [0.29, 0.717) is 11.8 Å². The summed E-state index contributed by atoms with van der Waals surface area (Å²) >= 11 is 0. The van der Waals surface area contributed by atoms with E-state index < -0.39 is 0 Å². The Morgan fingerprint density at radius 2 is 0.900 bits per heavy atom. The van der Waals surface area contributed by atoms with Crippen LogP contribution in [-0.2, 0) is 0 Å². The fourth-order valence-corrected chi connectivity index (χ4v) is 4.08. The van der Waals surface area contributed by atoms with E-state index in [1.54, 1.807) is 0 Å². The molecule has 0 radical (unpaired) electrons. The lowest BCUT2D eigenvalue weighted by molar-refractivity contribution is 0.736. The van der Waals surface area contributed by atoms with E-state index in [0.717, 1.165) is 0 Å². The van der Waals surface area contributed by atoms with E-state index in [2.05, 4.69) is 74.5 Å². The van der Waals surface area contributed by atoms with Crippen molar-refractivity contribution in [2.75, 3.05) is 0 Å². The van der Waals surface area contributed by atoms with Crippen LogP contribution in [0.5, 0.6) is 0 Å². The van der Waals surface area contributed by atoms with E-state index in [-0.39, 0.29) is 0 Å². The molecule has 0 nitrogen and oxygen atoms in total. The second kappa shape index (κ2) is 4.21. The van der Waals surface area contributed by atoms with Crippen LogP contribution in [0.2, 0.25) is 0 Å². The van der Waals surface area contributed by atoms with Crippen molar-refractivity contribution in [3.8, 4) is 0 Å². The number of allylic oxidation sites excluding steroid dienone is 4. The maximum atomic E-state index is 2.30. The Hall–Kier alpha value is -2.08. The molecule has 0 saturated heterocycles. The molecule has 0 saturated carbocycles. The van der Waals surface area contributed by atoms with Crippen molar-refractivity contribution in [2.45, 2.75) is 25.7 Å². The molecule has 98 valence electrons. The monoisotopic (exact) mass is 258 g/mol. The quantitative estimate of drug-likeness (QED) is 0.611. The first kappa shape index (κ1) is 11.7. The Balaban J connectivity index is 2.13. The molecule has 0 heteroatoms. The summed E-state index contributed by atoms with van der Waals surface area (Å²) in [5.41, 5.74) is 8.97. The number of hydrogen-bond acceptors (Lipinski definition) is 0. The molecule has 0 aromatic heterocycles. The van der Waals surface area contributed by atoms with E-state index in [9.17, 15) is 0 Å². The highest BCUT2D eigenvalue weighted by atomic mass is 14.4. The van der Waals surface area contributed by atoms with Gasteiger partial charge in [0, 0.05) is 11.8 Å². The SMILES string of the molecule is C/C=C1\C(=C/C)C2c3ccccc3C1c1ccccc12. The first-order valence-electron chi connectivity index (χ1n) is 7.37. The van der Waals surface area contributed by atoms with Crippen LogP contribution in [0.25, 0.3) is 0 Å².